The third kappa shape index (κ3) is 6.60. The van der Waals surface area contributed by atoms with Gasteiger partial charge in [-0.05, 0) is 42.7 Å². The van der Waals surface area contributed by atoms with Gasteiger partial charge in [0.15, 0.2) is 0 Å². The molecule has 0 saturated carbocycles. The minimum atomic E-state index is -3.27. The third-order valence-electron chi connectivity index (χ3n) is 5.35. The van der Waals surface area contributed by atoms with Crippen LogP contribution in [-0.4, -0.2) is 61.2 Å². The van der Waals surface area contributed by atoms with Crippen LogP contribution < -0.4 is 10.1 Å². The van der Waals surface area contributed by atoms with Crippen molar-refractivity contribution in [1.29, 1.82) is 0 Å². The van der Waals surface area contributed by atoms with Crippen molar-refractivity contribution >= 4 is 45.1 Å². The van der Waals surface area contributed by atoms with E-state index < -0.39 is 27.9 Å². The highest BCUT2D eigenvalue weighted by atomic mass is 35.5. The number of hydrogen-bond donors (Lipinski definition) is 2. The van der Waals surface area contributed by atoms with Crippen LogP contribution in [0.5, 0.6) is 5.75 Å². The van der Waals surface area contributed by atoms with Crippen molar-refractivity contribution in [2.24, 2.45) is 0 Å². The number of sulfonamides is 1. The van der Waals surface area contributed by atoms with Crippen LogP contribution >= 0.6 is 23.2 Å². The van der Waals surface area contributed by atoms with Crippen molar-refractivity contribution in [2.75, 3.05) is 19.4 Å². The Morgan fingerprint density at radius 2 is 1.82 bits per heavy atom. The molecule has 2 N–H and O–H groups in total. The summed E-state index contributed by atoms with van der Waals surface area (Å²) in [5, 5.41) is 12.3. The predicted molar refractivity (Wildman–Crippen MR) is 126 cm³/mol. The molecule has 1 fully saturated rings. The number of hydrogen-bond acceptors (Lipinski definition) is 5. The number of carboxylic acid groups (broad SMARTS) is 1. The van der Waals surface area contributed by atoms with Crippen molar-refractivity contribution in [3.8, 4) is 5.75 Å². The summed E-state index contributed by atoms with van der Waals surface area (Å²) >= 11 is 12.1. The van der Waals surface area contributed by atoms with Crippen molar-refractivity contribution in [3.63, 3.8) is 0 Å². The maximum absolute atomic E-state index is 12.5. The van der Waals surface area contributed by atoms with Gasteiger partial charge < -0.3 is 15.2 Å². The van der Waals surface area contributed by atoms with E-state index in [9.17, 15) is 23.1 Å². The Balaban J connectivity index is 1.61. The minimum Gasteiger partial charge on any atom is -0.492 e. The lowest BCUT2D eigenvalue weighted by atomic mass is 10.1. The van der Waals surface area contributed by atoms with Gasteiger partial charge in [0, 0.05) is 13.0 Å². The zero-order valence-corrected chi connectivity index (χ0v) is 20.2. The molecule has 1 aliphatic heterocycles. The lowest BCUT2D eigenvalue weighted by Gasteiger charge is -2.22. The summed E-state index contributed by atoms with van der Waals surface area (Å²) < 4.78 is 30.9. The molecule has 2 aromatic rings. The first-order valence-electron chi connectivity index (χ1n) is 10.2. The number of nitrogens with zero attached hydrogens (tertiary/aromatic N) is 1. The predicted octanol–water partition coefficient (Wildman–Crippen LogP) is 3.22. The second kappa shape index (κ2) is 10.7. The summed E-state index contributed by atoms with van der Waals surface area (Å²) in [4.78, 5) is 24.3. The van der Waals surface area contributed by atoms with E-state index in [4.69, 9.17) is 27.9 Å². The molecule has 0 radical (unpaired) electrons. The van der Waals surface area contributed by atoms with Crippen LogP contribution in [0.4, 0.5) is 0 Å². The van der Waals surface area contributed by atoms with Gasteiger partial charge in [0.1, 0.15) is 18.4 Å². The van der Waals surface area contributed by atoms with Crippen molar-refractivity contribution < 1.29 is 27.9 Å². The van der Waals surface area contributed by atoms with Gasteiger partial charge in [-0.15, -0.1) is 0 Å². The maximum Gasteiger partial charge on any atom is 0.326 e. The molecule has 1 saturated heterocycles. The number of halogens is 2. The number of benzene rings is 2. The van der Waals surface area contributed by atoms with Gasteiger partial charge in [0.05, 0.1) is 27.9 Å². The van der Waals surface area contributed by atoms with E-state index in [1.165, 1.54) is 22.7 Å². The molecule has 0 unspecified atom stereocenters. The molecular weight excluding hydrogens is 491 g/mol. The second-order valence-electron chi connectivity index (χ2n) is 7.79. The number of carbonyl (C=O) groups excluding carboxylic acids is 1. The fourth-order valence-electron chi connectivity index (χ4n) is 3.71. The molecular formula is C22H24Cl2N2O6S. The lowest BCUT2D eigenvalue weighted by Crippen LogP contribution is -2.42. The van der Waals surface area contributed by atoms with Gasteiger partial charge in [-0.2, -0.15) is 4.31 Å². The molecule has 178 valence electrons. The zero-order chi connectivity index (χ0) is 24.2. The summed E-state index contributed by atoms with van der Waals surface area (Å²) in [6.45, 7) is 0.728. The van der Waals surface area contributed by atoms with Gasteiger partial charge in [0.25, 0.3) is 5.91 Å². The van der Waals surface area contributed by atoms with Crippen LogP contribution in [0.25, 0.3) is 0 Å². The Labute approximate surface area is 202 Å². The molecule has 33 heavy (non-hydrogen) atoms. The smallest absolute Gasteiger partial charge is 0.326 e. The fraction of sp³-hybridized carbons (Fsp3) is 0.364. The average molecular weight is 515 g/mol. The van der Waals surface area contributed by atoms with Gasteiger partial charge in [-0.1, -0.05) is 41.4 Å². The normalized spacial score (nSPS) is 17.5. The quantitative estimate of drug-likeness (QED) is 0.531. The largest absolute Gasteiger partial charge is 0.492 e. The third-order valence-corrected chi connectivity index (χ3v) is 7.31. The summed E-state index contributed by atoms with van der Waals surface area (Å²) in [6, 6.07) is 9.94. The number of ether oxygens (including phenoxy) is 1. The molecule has 1 amide bonds. The average Bonchev–Trinajstić information content (AvgIpc) is 3.22. The number of rotatable bonds is 9. The molecule has 2 atom stereocenters. The lowest BCUT2D eigenvalue weighted by molar-refractivity contribution is -0.139. The summed E-state index contributed by atoms with van der Waals surface area (Å²) in [5.74, 6) is -1.34. The Kier molecular flexibility index (Phi) is 8.23. The van der Waals surface area contributed by atoms with E-state index in [2.05, 4.69) is 5.32 Å². The van der Waals surface area contributed by atoms with E-state index in [1.54, 1.807) is 30.3 Å². The Hall–Kier alpha value is -2.33. The highest BCUT2D eigenvalue weighted by Gasteiger charge is 2.31. The first-order chi connectivity index (χ1) is 15.6. The molecule has 1 aliphatic rings. The van der Waals surface area contributed by atoms with Crippen LogP contribution in [0.2, 0.25) is 10.0 Å². The monoisotopic (exact) mass is 514 g/mol. The molecule has 1 heterocycles. The Bertz CT molecular complexity index is 1100. The maximum atomic E-state index is 12.5. The van der Waals surface area contributed by atoms with Crippen LogP contribution in [-0.2, 0) is 21.2 Å². The van der Waals surface area contributed by atoms with Gasteiger partial charge in [-0.25, -0.2) is 13.2 Å². The highest BCUT2D eigenvalue weighted by molar-refractivity contribution is 7.88. The molecule has 0 aliphatic carbocycles. The highest BCUT2D eigenvalue weighted by Crippen LogP contribution is 2.25. The van der Waals surface area contributed by atoms with Crippen LogP contribution in [0.15, 0.2) is 42.5 Å². The van der Waals surface area contributed by atoms with Crippen LogP contribution in [0.1, 0.15) is 28.8 Å². The first-order valence-corrected chi connectivity index (χ1v) is 12.8. The molecule has 3 rings (SSSR count). The van der Waals surface area contributed by atoms with Gasteiger partial charge in [0.2, 0.25) is 10.0 Å². The zero-order valence-electron chi connectivity index (χ0n) is 17.8. The van der Waals surface area contributed by atoms with E-state index in [0.717, 1.165) is 12.8 Å². The summed E-state index contributed by atoms with van der Waals surface area (Å²) in [7, 11) is -3.27. The van der Waals surface area contributed by atoms with E-state index >= 15 is 0 Å². The Morgan fingerprint density at radius 1 is 1.18 bits per heavy atom. The van der Waals surface area contributed by atoms with Crippen molar-refractivity contribution in [3.05, 3.63) is 63.6 Å². The Morgan fingerprint density at radius 3 is 2.39 bits per heavy atom. The molecule has 11 heteroatoms. The van der Waals surface area contributed by atoms with E-state index in [0.29, 0.717) is 17.9 Å². The SMILES string of the molecule is CS(=O)(=O)N1CCC[C@H]1COc1ccc(C[C@H](NC(=O)c2c(Cl)cccc2Cl)C(=O)O)cc1. The number of aliphatic carboxylic acids is 1. The number of carbonyl (C=O) groups is 2. The van der Waals surface area contributed by atoms with Gasteiger partial charge >= 0.3 is 5.97 Å². The van der Waals surface area contributed by atoms with Gasteiger partial charge in [-0.3, -0.25) is 4.79 Å². The van der Waals surface area contributed by atoms with Crippen LogP contribution in [0, 0.1) is 0 Å². The minimum absolute atomic E-state index is 0.0193. The molecule has 2 aromatic carbocycles. The molecule has 0 bridgehead atoms. The van der Waals surface area contributed by atoms with Crippen molar-refractivity contribution in [2.45, 2.75) is 31.3 Å². The fourth-order valence-corrected chi connectivity index (χ4v) is 5.45. The topological polar surface area (TPSA) is 113 Å². The van der Waals surface area contributed by atoms with E-state index in [-0.39, 0.29) is 34.7 Å². The number of carboxylic acids is 1. The summed E-state index contributed by atoms with van der Waals surface area (Å²) in [6.07, 6.45) is 2.76. The molecule has 8 nitrogen and oxygen atoms in total. The number of nitrogens with one attached hydrogen (secondary N) is 1. The first kappa shape index (κ1) is 25.3. The second-order valence-corrected chi connectivity index (χ2v) is 10.5. The molecule has 0 aromatic heterocycles. The standard InChI is InChI=1S/C22H24Cl2N2O6S/c1-33(30,31)26-11-3-4-15(26)13-32-16-9-7-14(8-10-16)12-19(22(28)29)25-21(27)20-17(23)5-2-6-18(20)24/h2,5-10,15,19H,3-4,11-13H2,1H3,(H,25,27)(H,28,29)/t15-,19-/m0/s1. The molecule has 0 spiro atoms. The van der Waals surface area contributed by atoms with Crippen LogP contribution in [0.3, 0.4) is 0 Å². The summed E-state index contributed by atoms with van der Waals surface area (Å²) in [5.41, 5.74) is 0.685. The van der Waals surface area contributed by atoms with E-state index in [1.807, 2.05) is 0 Å². The number of amides is 1. The van der Waals surface area contributed by atoms with Crippen molar-refractivity contribution in [1.82, 2.24) is 9.62 Å².